The zero-order chi connectivity index (χ0) is 15.2. The molecule has 1 heterocycles. The van der Waals surface area contributed by atoms with Crippen molar-refractivity contribution >= 4 is 5.91 Å². The summed E-state index contributed by atoms with van der Waals surface area (Å²) in [5.74, 6) is 0.135. The maximum absolute atomic E-state index is 12.3. The van der Waals surface area contributed by atoms with Crippen molar-refractivity contribution in [2.24, 2.45) is 5.92 Å². The van der Waals surface area contributed by atoms with E-state index in [9.17, 15) is 9.90 Å². The Balaban J connectivity index is 1.82. The Labute approximate surface area is 126 Å². The zero-order valence-corrected chi connectivity index (χ0v) is 12.9. The van der Waals surface area contributed by atoms with E-state index in [0.29, 0.717) is 12.5 Å². The maximum atomic E-state index is 12.3. The Morgan fingerprint density at radius 3 is 2.81 bits per heavy atom. The van der Waals surface area contributed by atoms with E-state index in [2.05, 4.69) is 17.6 Å². The molecule has 0 saturated carbocycles. The molecule has 1 aliphatic rings. The van der Waals surface area contributed by atoms with Crippen molar-refractivity contribution in [3.8, 4) is 0 Å². The molecule has 1 aromatic rings. The summed E-state index contributed by atoms with van der Waals surface area (Å²) in [6, 6.07) is 10.0. The van der Waals surface area contributed by atoms with Gasteiger partial charge in [-0.3, -0.25) is 4.79 Å². The van der Waals surface area contributed by atoms with Crippen molar-refractivity contribution in [3.63, 3.8) is 0 Å². The fourth-order valence-electron chi connectivity index (χ4n) is 2.84. The Kier molecular flexibility index (Phi) is 5.76. The van der Waals surface area contributed by atoms with Gasteiger partial charge in [0, 0.05) is 18.4 Å². The van der Waals surface area contributed by atoms with Crippen LogP contribution < -0.4 is 10.6 Å². The van der Waals surface area contributed by atoms with Crippen molar-refractivity contribution in [3.05, 3.63) is 35.9 Å². The van der Waals surface area contributed by atoms with Crippen LogP contribution in [0.15, 0.2) is 30.3 Å². The lowest BCUT2D eigenvalue weighted by Crippen LogP contribution is -2.48. The molecule has 2 rings (SSSR count). The lowest BCUT2D eigenvalue weighted by molar-refractivity contribution is -0.127. The third-order valence-electron chi connectivity index (χ3n) is 4.23. The van der Waals surface area contributed by atoms with Crippen molar-refractivity contribution < 1.29 is 9.90 Å². The van der Waals surface area contributed by atoms with Gasteiger partial charge in [-0.05, 0) is 38.8 Å². The maximum Gasteiger partial charge on any atom is 0.223 e. The van der Waals surface area contributed by atoms with E-state index in [0.717, 1.165) is 24.9 Å². The molecule has 4 atom stereocenters. The number of aliphatic hydroxyl groups is 1. The molecule has 116 valence electrons. The van der Waals surface area contributed by atoms with Crippen LogP contribution in [0.1, 0.15) is 32.3 Å². The SMILES string of the molecule is CC(NC(=O)[C@H]1CCN[C@@H](C)C1)C(O)Cc1ccccc1. The molecule has 21 heavy (non-hydrogen) atoms. The molecular weight excluding hydrogens is 264 g/mol. The van der Waals surface area contributed by atoms with E-state index in [1.165, 1.54) is 0 Å². The van der Waals surface area contributed by atoms with Crippen LogP contribution in [-0.2, 0) is 11.2 Å². The van der Waals surface area contributed by atoms with E-state index < -0.39 is 6.10 Å². The number of aliphatic hydroxyl groups excluding tert-OH is 1. The minimum Gasteiger partial charge on any atom is -0.391 e. The number of carbonyl (C=O) groups is 1. The molecule has 4 nitrogen and oxygen atoms in total. The van der Waals surface area contributed by atoms with Crippen LogP contribution in [0.2, 0.25) is 0 Å². The molecule has 0 aliphatic carbocycles. The van der Waals surface area contributed by atoms with E-state index in [1.54, 1.807) is 0 Å². The van der Waals surface area contributed by atoms with E-state index >= 15 is 0 Å². The Morgan fingerprint density at radius 2 is 2.14 bits per heavy atom. The van der Waals surface area contributed by atoms with E-state index in [-0.39, 0.29) is 17.9 Å². The highest BCUT2D eigenvalue weighted by atomic mass is 16.3. The van der Waals surface area contributed by atoms with Crippen LogP contribution in [0.25, 0.3) is 0 Å². The Morgan fingerprint density at radius 1 is 1.43 bits per heavy atom. The molecule has 0 spiro atoms. The minimum absolute atomic E-state index is 0.0626. The standard InChI is InChI=1S/C17H26N2O2/c1-12-10-15(8-9-18-12)17(21)19-13(2)16(20)11-14-6-4-3-5-7-14/h3-7,12-13,15-16,18,20H,8-11H2,1-2H3,(H,19,21)/t12-,13?,15-,16?/m0/s1. The first-order valence-corrected chi connectivity index (χ1v) is 7.82. The fraction of sp³-hybridized carbons (Fsp3) is 0.588. The molecule has 4 heteroatoms. The molecule has 1 saturated heterocycles. The Bertz CT molecular complexity index is 449. The molecule has 1 aliphatic heterocycles. The highest BCUT2D eigenvalue weighted by molar-refractivity contribution is 5.79. The van der Waals surface area contributed by atoms with Gasteiger partial charge in [0.05, 0.1) is 12.1 Å². The first-order valence-electron chi connectivity index (χ1n) is 7.82. The van der Waals surface area contributed by atoms with Gasteiger partial charge in [-0.2, -0.15) is 0 Å². The van der Waals surface area contributed by atoms with Crippen LogP contribution >= 0.6 is 0 Å². The lowest BCUT2D eigenvalue weighted by atomic mass is 9.92. The summed E-state index contributed by atoms with van der Waals surface area (Å²) in [7, 11) is 0. The fourth-order valence-corrected chi connectivity index (χ4v) is 2.84. The smallest absolute Gasteiger partial charge is 0.223 e. The number of hydrogen-bond acceptors (Lipinski definition) is 3. The van der Waals surface area contributed by atoms with Crippen LogP contribution in [0, 0.1) is 5.92 Å². The number of piperidine rings is 1. The number of benzene rings is 1. The van der Waals surface area contributed by atoms with Crippen LogP contribution in [0.5, 0.6) is 0 Å². The average molecular weight is 290 g/mol. The molecule has 1 aromatic carbocycles. The number of amides is 1. The van der Waals surface area contributed by atoms with Gasteiger partial charge in [-0.15, -0.1) is 0 Å². The van der Waals surface area contributed by atoms with Crippen molar-refractivity contribution in [2.75, 3.05) is 6.54 Å². The van der Waals surface area contributed by atoms with Gasteiger partial charge in [0.25, 0.3) is 0 Å². The van der Waals surface area contributed by atoms with Gasteiger partial charge >= 0.3 is 0 Å². The number of carbonyl (C=O) groups excluding carboxylic acids is 1. The second kappa shape index (κ2) is 7.57. The largest absolute Gasteiger partial charge is 0.391 e. The van der Waals surface area contributed by atoms with Crippen LogP contribution in [0.4, 0.5) is 0 Å². The third kappa shape index (κ3) is 4.83. The first-order chi connectivity index (χ1) is 10.1. The summed E-state index contributed by atoms with van der Waals surface area (Å²) in [5, 5.41) is 16.6. The van der Waals surface area contributed by atoms with Gasteiger partial charge < -0.3 is 15.7 Å². The average Bonchev–Trinajstić information content (AvgIpc) is 2.48. The quantitative estimate of drug-likeness (QED) is 0.770. The van der Waals surface area contributed by atoms with Crippen LogP contribution in [-0.4, -0.2) is 35.7 Å². The summed E-state index contributed by atoms with van der Waals surface area (Å²) in [5.41, 5.74) is 1.08. The summed E-state index contributed by atoms with van der Waals surface area (Å²) in [6.07, 6.45) is 1.74. The molecule has 0 aromatic heterocycles. The number of rotatable bonds is 5. The number of hydrogen-bond donors (Lipinski definition) is 3. The predicted octanol–water partition coefficient (Wildman–Crippen LogP) is 1.48. The number of nitrogens with one attached hydrogen (secondary N) is 2. The van der Waals surface area contributed by atoms with Crippen molar-refractivity contribution in [1.82, 2.24) is 10.6 Å². The minimum atomic E-state index is -0.560. The van der Waals surface area contributed by atoms with Crippen LogP contribution in [0.3, 0.4) is 0 Å². The first kappa shape index (κ1) is 16.0. The normalized spacial score (nSPS) is 25.1. The zero-order valence-electron chi connectivity index (χ0n) is 12.9. The van der Waals surface area contributed by atoms with E-state index in [1.807, 2.05) is 37.3 Å². The highest BCUT2D eigenvalue weighted by Gasteiger charge is 2.27. The van der Waals surface area contributed by atoms with Gasteiger partial charge in [0.1, 0.15) is 0 Å². The van der Waals surface area contributed by atoms with Gasteiger partial charge in [-0.25, -0.2) is 0 Å². The van der Waals surface area contributed by atoms with Gasteiger partial charge in [-0.1, -0.05) is 30.3 Å². The second-order valence-electron chi connectivity index (χ2n) is 6.13. The molecule has 1 amide bonds. The summed E-state index contributed by atoms with van der Waals surface area (Å²) in [6.45, 7) is 4.86. The van der Waals surface area contributed by atoms with Gasteiger partial charge in [0.15, 0.2) is 0 Å². The summed E-state index contributed by atoms with van der Waals surface area (Å²) in [4.78, 5) is 12.3. The monoisotopic (exact) mass is 290 g/mol. The topological polar surface area (TPSA) is 61.4 Å². The second-order valence-corrected chi connectivity index (χ2v) is 6.13. The molecule has 3 N–H and O–H groups in total. The summed E-state index contributed by atoms with van der Waals surface area (Å²) < 4.78 is 0. The lowest BCUT2D eigenvalue weighted by Gasteiger charge is -2.29. The molecule has 1 fully saturated rings. The molecule has 0 radical (unpaired) electrons. The molecule has 2 unspecified atom stereocenters. The highest BCUT2D eigenvalue weighted by Crippen LogP contribution is 2.16. The van der Waals surface area contributed by atoms with Crippen molar-refractivity contribution in [2.45, 2.75) is 51.3 Å². The molecular formula is C17H26N2O2. The Hall–Kier alpha value is -1.39. The summed E-state index contributed by atoms with van der Waals surface area (Å²) >= 11 is 0. The third-order valence-corrected chi connectivity index (χ3v) is 4.23. The van der Waals surface area contributed by atoms with E-state index in [4.69, 9.17) is 0 Å². The molecule has 0 bridgehead atoms. The van der Waals surface area contributed by atoms with Crippen molar-refractivity contribution in [1.29, 1.82) is 0 Å². The predicted molar refractivity (Wildman–Crippen MR) is 83.9 cm³/mol. The van der Waals surface area contributed by atoms with Gasteiger partial charge in [0.2, 0.25) is 5.91 Å².